The van der Waals surface area contributed by atoms with Crippen LogP contribution in [0.3, 0.4) is 0 Å². The molecule has 3 nitrogen and oxygen atoms in total. The Morgan fingerprint density at radius 2 is 1.27 bits per heavy atom. The molecule has 0 unspecified atom stereocenters. The lowest BCUT2D eigenvalue weighted by Gasteiger charge is -2.25. The first kappa shape index (κ1) is 23.9. The zero-order valence-electron chi connectivity index (χ0n) is 19.5. The topological polar surface area (TPSA) is 40.5 Å². The van der Waals surface area contributed by atoms with E-state index in [0.717, 1.165) is 35.4 Å². The second-order valence-corrected chi connectivity index (χ2v) is 8.34. The van der Waals surface area contributed by atoms with E-state index in [1.165, 1.54) is 24.0 Å². The number of hydrogen-bond acceptors (Lipinski definition) is 2. The van der Waals surface area contributed by atoms with Crippen molar-refractivity contribution < 1.29 is 9.90 Å². The van der Waals surface area contributed by atoms with Crippen molar-refractivity contribution in [2.75, 3.05) is 0 Å². The van der Waals surface area contributed by atoms with Crippen LogP contribution in [0.1, 0.15) is 64.9 Å². The first-order valence-electron chi connectivity index (χ1n) is 11.4. The highest BCUT2D eigenvalue weighted by Crippen LogP contribution is 2.16. The fourth-order valence-corrected chi connectivity index (χ4v) is 3.49. The van der Waals surface area contributed by atoms with Gasteiger partial charge in [0.05, 0.1) is 5.56 Å². The lowest BCUT2D eigenvalue weighted by atomic mass is 10.1. The summed E-state index contributed by atoms with van der Waals surface area (Å²) in [4.78, 5) is 13.2. The van der Waals surface area contributed by atoms with Gasteiger partial charge >= 0.3 is 5.97 Å². The Balaban J connectivity index is 1.62. The van der Waals surface area contributed by atoms with Crippen molar-refractivity contribution in [3.8, 4) is 11.8 Å². The van der Waals surface area contributed by atoms with Crippen molar-refractivity contribution in [1.82, 2.24) is 4.90 Å². The van der Waals surface area contributed by atoms with Crippen molar-refractivity contribution in [2.45, 2.75) is 46.2 Å². The molecule has 0 aliphatic rings. The Morgan fingerprint density at radius 3 is 1.70 bits per heavy atom. The van der Waals surface area contributed by atoms with E-state index >= 15 is 0 Å². The van der Waals surface area contributed by atoms with Gasteiger partial charge in [0.15, 0.2) is 0 Å². The van der Waals surface area contributed by atoms with Gasteiger partial charge in [-0.15, -0.1) is 0 Å². The van der Waals surface area contributed by atoms with Crippen LogP contribution in [-0.4, -0.2) is 16.0 Å². The van der Waals surface area contributed by atoms with Gasteiger partial charge in [0.1, 0.15) is 0 Å². The molecule has 0 fully saturated rings. The Bertz CT molecular complexity index is 1130. The Morgan fingerprint density at radius 1 is 0.818 bits per heavy atom. The summed E-state index contributed by atoms with van der Waals surface area (Å²) in [5.41, 5.74) is 6.86. The standard InChI is InChI=1S/C30H31NO2/c1-4-5-6-24-7-9-25(10-8-24)11-12-26-13-15-27(16-14-26)21-31(23(2)3)22-28-17-19-29(20-18-28)30(32)33/h7-10,13-20H,2,4-6,21-22H2,1,3H3,(H,32,33). The van der Waals surface area contributed by atoms with Crippen molar-refractivity contribution in [1.29, 1.82) is 0 Å². The lowest BCUT2D eigenvalue weighted by Crippen LogP contribution is -2.20. The number of aryl methyl sites for hydroxylation is 1. The Kier molecular flexibility index (Phi) is 8.49. The van der Waals surface area contributed by atoms with Crippen LogP contribution in [0.4, 0.5) is 0 Å². The van der Waals surface area contributed by atoms with Gasteiger partial charge < -0.3 is 10.0 Å². The molecule has 0 saturated heterocycles. The fraction of sp³-hybridized carbons (Fsp3) is 0.233. The molecule has 3 heteroatoms. The van der Waals surface area contributed by atoms with Crippen LogP contribution >= 0.6 is 0 Å². The summed E-state index contributed by atoms with van der Waals surface area (Å²) < 4.78 is 0. The SMILES string of the molecule is C=C(C)N(Cc1ccc(C#Cc2ccc(CCCC)cc2)cc1)Cc1ccc(C(=O)O)cc1. The van der Waals surface area contributed by atoms with E-state index in [1.807, 2.05) is 19.1 Å². The number of carboxylic acids is 1. The molecule has 0 aliphatic carbocycles. The molecule has 1 N–H and O–H groups in total. The van der Waals surface area contributed by atoms with Crippen molar-refractivity contribution >= 4 is 5.97 Å². The third kappa shape index (κ3) is 7.40. The molecule has 0 aliphatic heterocycles. The van der Waals surface area contributed by atoms with E-state index < -0.39 is 5.97 Å². The smallest absolute Gasteiger partial charge is 0.335 e. The molecule has 0 atom stereocenters. The number of benzene rings is 3. The maximum atomic E-state index is 11.1. The van der Waals surface area contributed by atoms with Crippen LogP contribution in [0.15, 0.2) is 85.1 Å². The van der Waals surface area contributed by atoms with Gasteiger partial charge in [0, 0.05) is 29.9 Å². The van der Waals surface area contributed by atoms with Crippen molar-refractivity contribution in [3.05, 3.63) is 118 Å². The summed E-state index contributed by atoms with van der Waals surface area (Å²) in [5.74, 6) is 5.59. The molecular weight excluding hydrogens is 406 g/mol. The van der Waals surface area contributed by atoms with E-state index in [1.54, 1.807) is 12.1 Å². The Labute approximate surface area is 197 Å². The van der Waals surface area contributed by atoms with Crippen LogP contribution in [0.25, 0.3) is 0 Å². The molecule has 0 spiro atoms. The number of allylic oxidation sites excluding steroid dienone is 1. The van der Waals surface area contributed by atoms with Crippen LogP contribution in [0.5, 0.6) is 0 Å². The van der Waals surface area contributed by atoms with Crippen LogP contribution in [0, 0.1) is 11.8 Å². The molecular formula is C30H31NO2. The molecule has 0 aromatic heterocycles. The minimum Gasteiger partial charge on any atom is -0.478 e. The van der Waals surface area contributed by atoms with E-state index in [0.29, 0.717) is 12.1 Å². The quantitative estimate of drug-likeness (QED) is 0.380. The van der Waals surface area contributed by atoms with Gasteiger partial charge in [0.2, 0.25) is 0 Å². The Hall–Kier alpha value is -3.77. The van der Waals surface area contributed by atoms with Gasteiger partial charge in [-0.3, -0.25) is 0 Å². The first-order chi connectivity index (χ1) is 15.9. The molecule has 0 saturated carbocycles. The van der Waals surface area contributed by atoms with Crippen LogP contribution in [-0.2, 0) is 19.5 Å². The number of carboxylic acid groups (broad SMARTS) is 1. The first-order valence-corrected chi connectivity index (χ1v) is 11.4. The van der Waals surface area contributed by atoms with Crippen LogP contribution in [0.2, 0.25) is 0 Å². The van der Waals surface area contributed by atoms with Crippen molar-refractivity contribution in [3.63, 3.8) is 0 Å². The third-order valence-electron chi connectivity index (χ3n) is 5.57. The highest BCUT2D eigenvalue weighted by molar-refractivity contribution is 5.87. The molecule has 3 aromatic rings. The number of aromatic carboxylic acids is 1. The number of rotatable bonds is 9. The van der Waals surface area contributed by atoms with Gasteiger partial charge in [-0.2, -0.15) is 0 Å². The van der Waals surface area contributed by atoms with Gasteiger partial charge in [-0.1, -0.05) is 68.2 Å². The fourth-order valence-electron chi connectivity index (χ4n) is 3.49. The molecule has 0 heterocycles. The van der Waals surface area contributed by atoms with E-state index in [2.05, 4.69) is 78.8 Å². The summed E-state index contributed by atoms with van der Waals surface area (Å²) in [6.07, 6.45) is 3.55. The van der Waals surface area contributed by atoms with Gasteiger partial charge in [-0.25, -0.2) is 4.79 Å². The molecule has 33 heavy (non-hydrogen) atoms. The minimum atomic E-state index is -0.912. The molecule has 0 amide bonds. The molecule has 3 aromatic carbocycles. The zero-order chi connectivity index (χ0) is 23.6. The molecule has 0 bridgehead atoms. The van der Waals surface area contributed by atoms with E-state index in [9.17, 15) is 4.79 Å². The van der Waals surface area contributed by atoms with Gasteiger partial charge in [0.25, 0.3) is 0 Å². The normalized spacial score (nSPS) is 10.2. The number of unbranched alkanes of at least 4 members (excludes halogenated alkanes) is 1. The monoisotopic (exact) mass is 437 g/mol. The summed E-state index contributed by atoms with van der Waals surface area (Å²) in [7, 11) is 0. The number of carbonyl (C=O) groups is 1. The molecule has 168 valence electrons. The van der Waals surface area contributed by atoms with Crippen LogP contribution < -0.4 is 0 Å². The number of hydrogen-bond donors (Lipinski definition) is 1. The summed E-state index contributed by atoms with van der Waals surface area (Å²) >= 11 is 0. The maximum absolute atomic E-state index is 11.1. The second kappa shape index (κ2) is 11.7. The minimum absolute atomic E-state index is 0.296. The molecule has 0 radical (unpaired) electrons. The highest BCUT2D eigenvalue weighted by Gasteiger charge is 2.08. The van der Waals surface area contributed by atoms with Crippen molar-refractivity contribution in [2.24, 2.45) is 0 Å². The average Bonchev–Trinajstić information content (AvgIpc) is 2.82. The van der Waals surface area contributed by atoms with Gasteiger partial charge in [-0.05, 0) is 72.9 Å². The number of nitrogens with zero attached hydrogens (tertiary/aromatic N) is 1. The predicted molar refractivity (Wildman–Crippen MR) is 135 cm³/mol. The maximum Gasteiger partial charge on any atom is 0.335 e. The summed E-state index contributed by atoms with van der Waals surface area (Å²) in [6, 6.07) is 23.8. The summed E-state index contributed by atoms with van der Waals surface area (Å²) in [6.45, 7) is 9.70. The largest absolute Gasteiger partial charge is 0.478 e. The predicted octanol–water partition coefficient (Wildman–Crippen LogP) is 6.66. The third-order valence-corrected chi connectivity index (χ3v) is 5.57. The molecule has 3 rings (SSSR count). The average molecular weight is 438 g/mol. The summed E-state index contributed by atoms with van der Waals surface area (Å²) in [5, 5.41) is 9.07. The second-order valence-electron chi connectivity index (χ2n) is 8.34. The van der Waals surface area contributed by atoms with E-state index in [-0.39, 0.29) is 0 Å². The zero-order valence-corrected chi connectivity index (χ0v) is 19.5. The lowest BCUT2D eigenvalue weighted by molar-refractivity contribution is 0.0697. The van der Waals surface area contributed by atoms with E-state index in [4.69, 9.17) is 5.11 Å². The highest BCUT2D eigenvalue weighted by atomic mass is 16.4.